The molecule has 0 unspecified atom stereocenters. The second kappa shape index (κ2) is 9.41. The first kappa shape index (κ1) is 18.5. The molecule has 24 heavy (non-hydrogen) atoms. The highest BCUT2D eigenvalue weighted by atomic mass is 32.2. The Morgan fingerprint density at radius 2 is 1.04 bits per heavy atom. The van der Waals surface area contributed by atoms with Crippen molar-refractivity contribution in [1.82, 2.24) is 9.80 Å². The molecule has 0 saturated carbocycles. The maximum Gasteiger partial charge on any atom is 0.136 e. The molecular formula is C18H24N2S4. The van der Waals surface area contributed by atoms with E-state index in [2.05, 4.69) is 34.1 Å². The Balaban J connectivity index is 1.41. The fourth-order valence-electron chi connectivity index (χ4n) is 3.00. The number of rotatable bonds is 4. The summed E-state index contributed by atoms with van der Waals surface area (Å²) in [5.41, 5.74) is 2.69. The highest BCUT2D eigenvalue weighted by Crippen LogP contribution is 2.23. The van der Waals surface area contributed by atoms with E-state index in [0.29, 0.717) is 0 Å². The Hall–Kier alpha value is -0.300. The van der Waals surface area contributed by atoms with Crippen LogP contribution in [0.3, 0.4) is 0 Å². The molecule has 3 rings (SSSR count). The van der Waals surface area contributed by atoms with Crippen LogP contribution in [0, 0.1) is 0 Å². The van der Waals surface area contributed by atoms with E-state index in [-0.39, 0.29) is 0 Å². The molecule has 1 aromatic carbocycles. The summed E-state index contributed by atoms with van der Waals surface area (Å²) in [6.45, 7) is 4.55. The molecule has 0 amide bonds. The van der Waals surface area contributed by atoms with Crippen LogP contribution in [0.4, 0.5) is 0 Å². The number of likely N-dealkylation sites (tertiary alicyclic amines) is 2. The van der Waals surface area contributed by atoms with E-state index >= 15 is 0 Å². The number of thiocarbonyl (C=S) groups is 2. The molecule has 2 nitrogen and oxygen atoms in total. The Morgan fingerprint density at radius 1 is 0.708 bits per heavy atom. The Bertz CT molecular complexity index is 510. The average molecular weight is 397 g/mol. The van der Waals surface area contributed by atoms with Gasteiger partial charge in [0.25, 0.3) is 0 Å². The van der Waals surface area contributed by atoms with Gasteiger partial charge in [0.2, 0.25) is 0 Å². The molecule has 2 saturated heterocycles. The second-order valence-electron chi connectivity index (χ2n) is 6.31. The van der Waals surface area contributed by atoms with Gasteiger partial charge in [0.05, 0.1) is 0 Å². The molecule has 2 aliphatic heterocycles. The quantitative estimate of drug-likeness (QED) is 0.662. The lowest BCUT2D eigenvalue weighted by Gasteiger charge is -2.18. The van der Waals surface area contributed by atoms with E-state index in [1.807, 2.05) is 0 Å². The first-order valence-electron chi connectivity index (χ1n) is 8.63. The lowest BCUT2D eigenvalue weighted by molar-refractivity contribution is 0.539. The average Bonchev–Trinajstić information content (AvgIpc) is 3.32. The smallest absolute Gasteiger partial charge is 0.136 e. The van der Waals surface area contributed by atoms with Crippen molar-refractivity contribution in [3.63, 3.8) is 0 Å². The number of nitrogens with zero attached hydrogens (tertiary/aromatic N) is 2. The minimum Gasteiger partial charge on any atom is -0.358 e. The molecule has 2 aliphatic rings. The normalized spacial score (nSPS) is 17.5. The summed E-state index contributed by atoms with van der Waals surface area (Å²) in [5, 5.41) is 0. The van der Waals surface area contributed by atoms with Crippen LogP contribution in [0.25, 0.3) is 0 Å². The molecule has 1 aromatic rings. The highest BCUT2D eigenvalue weighted by Gasteiger charge is 2.16. The first-order chi connectivity index (χ1) is 11.7. The van der Waals surface area contributed by atoms with Gasteiger partial charge in [-0.1, -0.05) is 72.2 Å². The highest BCUT2D eigenvalue weighted by molar-refractivity contribution is 8.22. The third kappa shape index (κ3) is 5.35. The van der Waals surface area contributed by atoms with Crippen LogP contribution in [0.1, 0.15) is 36.8 Å². The van der Waals surface area contributed by atoms with E-state index in [4.69, 9.17) is 24.4 Å². The maximum atomic E-state index is 5.53. The molecule has 0 atom stereocenters. The Labute approximate surface area is 164 Å². The van der Waals surface area contributed by atoms with Crippen LogP contribution in [0.5, 0.6) is 0 Å². The van der Waals surface area contributed by atoms with Crippen molar-refractivity contribution in [3.8, 4) is 0 Å². The number of benzene rings is 1. The maximum absolute atomic E-state index is 5.53. The van der Waals surface area contributed by atoms with Crippen molar-refractivity contribution in [2.45, 2.75) is 37.2 Å². The van der Waals surface area contributed by atoms with Gasteiger partial charge in [-0.05, 0) is 36.8 Å². The van der Waals surface area contributed by atoms with E-state index in [1.54, 1.807) is 23.5 Å². The molecule has 130 valence electrons. The third-order valence-electron chi connectivity index (χ3n) is 4.48. The summed E-state index contributed by atoms with van der Waals surface area (Å²) in [5.74, 6) is 1.93. The number of hydrogen-bond donors (Lipinski definition) is 0. The lowest BCUT2D eigenvalue weighted by Crippen LogP contribution is -2.23. The molecule has 2 fully saturated rings. The minimum absolute atomic E-state index is 0.967. The van der Waals surface area contributed by atoms with Crippen LogP contribution in [-0.2, 0) is 11.5 Å². The fraction of sp³-hybridized carbons (Fsp3) is 0.556. The third-order valence-corrected chi connectivity index (χ3v) is 7.67. The van der Waals surface area contributed by atoms with E-state index in [1.165, 1.54) is 36.8 Å². The van der Waals surface area contributed by atoms with Gasteiger partial charge in [0.15, 0.2) is 0 Å². The van der Waals surface area contributed by atoms with Crippen molar-refractivity contribution in [1.29, 1.82) is 0 Å². The SMILES string of the molecule is S=C(SCc1ccc(CSC(=S)N2CCCC2)cc1)N1CCCC1. The summed E-state index contributed by atoms with van der Waals surface area (Å²) in [6, 6.07) is 8.92. The zero-order valence-electron chi connectivity index (χ0n) is 13.9. The van der Waals surface area contributed by atoms with Crippen LogP contribution in [0.2, 0.25) is 0 Å². The van der Waals surface area contributed by atoms with Crippen molar-refractivity contribution in [3.05, 3.63) is 35.4 Å². The molecule has 0 bridgehead atoms. The lowest BCUT2D eigenvalue weighted by atomic mass is 10.2. The zero-order chi connectivity index (χ0) is 16.8. The van der Waals surface area contributed by atoms with Crippen LogP contribution in [-0.4, -0.2) is 44.6 Å². The van der Waals surface area contributed by atoms with Crippen molar-refractivity contribution < 1.29 is 0 Å². The summed E-state index contributed by atoms with van der Waals surface area (Å²) in [7, 11) is 0. The largest absolute Gasteiger partial charge is 0.358 e. The molecule has 0 N–H and O–H groups in total. The minimum atomic E-state index is 0.967. The molecule has 0 aliphatic carbocycles. The predicted octanol–water partition coefficient (Wildman–Crippen LogP) is 4.91. The molecule has 0 radical (unpaired) electrons. The van der Waals surface area contributed by atoms with Gasteiger partial charge < -0.3 is 9.80 Å². The summed E-state index contributed by atoms with van der Waals surface area (Å²) >= 11 is 14.6. The van der Waals surface area contributed by atoms with Gasteiger partial charge in [-0.15, -0.1) is 0 Å². The topological polar surface area (TPSA) is 6.48 Å². The van der Waals surface area contributed by atoms with Gasteiger partial charge in [0.1, 0.15) is 8.64 Å². The first-order valence-corrected chi connectivity index (χ1v) is 11.4. The van der Waals surface area contributed by atoms with E-state index < -0.39 is 0 Å². The standard InChI is InChI=1S/C18H24N2S4/c21-17(19-9-1-2-10-19)23-13-15-5-7-16(8-6-15)14-24-18(22)20-11-3-4-12-20/h5-8H,1-4,9-14H2. The van der Waals surface area contributed by atoms with Crippen LogP contribution < -0.4 is 0 Å². The molecule has 0 aromatic heterocycles. The van der Waals surface area contributed by atoms with Gasteiger partial charge in [-0.25, -0.2) is 0 Å². The number of hydrogen-bond acceptors (Lipinski definition) is 4. The summed E-state index contributed by atoms with van der Waals surface area (Å²) in [6.07, 6.45) is 5.14. The van der Waals surface area contributed by atoms with Crippen molar-refractivity contribution in [2.24, 2.45) is 0 Å². The van der Waals surface area contributed by atoms with E-state index in [9.17, 15) is 0 Å². The van der Waals surface area contributed by atoms with Crippen LogP contribution >= 0.6 is 48.0 Å². The van der Waals surface area contributed by atoms with Crippen LogP contribution in [0.15, 0.2) is 24.3 Å². The number of thioether (sulfide) groups is 2. The fourth-order valence-corrected chi connectivity index (χ4v) is 5.42. The Kier molecular flexibility index (Phi) is 7.25. The van der Waals surface area contributed by atoms with Crippen molar-refractivity contribution >= 4 is 56.6 Å². The zero-order valence-corrected chi connectivity index (χ0v) is 17.2. The molecular weight excluding hydrogens is 372 g/mol. The van der Waals surface area contributed by atoms with Gasteiger partial charge >= 0.3 is 0 Å². The molecule has 2 heterocycles. The van der Waals surface area contributed by atoms with Gasteiger partial charge in [0, 0.05) is 37.7 Å². The van der Waals surface area contributed by atoms with Gasteiger partial charge in [-0.3, -0.25) is 0 Å². The molecule has 6 heteroatoms. The summed E-state index contributed by atoms with van der Waals surface area (Å²) in [4.78, 5) is 4.68. The second-order valence-corrected chi connectivity index (χ2v) is 9.53. The van der Waals surface area contributed by atoms with Crippen molar-refractivity contribution in [2.75, 3.05) is 26.2 Å². The predicted molar refractivity (Wildman–Crippen MR) is 116 cm³/mol. The van der Waals surface area contributed by atoms with E-state index in [0.717, 1.165) is 46.3 Å². The van der Waals surface area contributed by atoms with Gasteiger partial charge in [-0.2, -0.15) is 0 Å². The Morgan fingerprint density at radius 3 is 1.38 bits per heavy atom. The summed E-state index contributed by atoms with van der Waals surface area (Å²) < 4.78 is 2.12. The molecule has 0 spiro atoms. The monoisotopic (exact) mass is 396 g/mol.